The number of fused-ring (bicyclic) bond motifs is 3. The third kappa shape index (κ3) is 2.71. The molecule has 1 N–H and O–H groups in total. The summed E-state index contributed by atoms with van der Waals surface area (Å²) in [6.45, 7) is 4.67. The minimum Gasteiger partial charge on any atom is -0.356 e. The number of benzene rings is 4. The van der Waals surface area contributed by atoms with E-state index in [2.05, 4.69) is 104 Å². The first-order chi connectivity index (χ1) is 13.1. The first-order valence-corrected chi connectivity index (χ1v) is 9.59. The molecule has 0 heterocycles. The Morgan fingerprint density at radius 1 is 0.630 bits per heavy atom. The van der Waals surface area contributed by atoms with E-state index in [4.69, 9.17) is 0 Å². The van der Waals surface area contributed by atoms with Gasteiger partial charge >= 0.3 is 0 Å². The molecule has 0 fully saturated rings. The van der Waals surface area contributed by atoms with Crippen molar-refractivity contribution in [3.8, 4) is 0 Å². The fraction of sp³-hybridized carbons (Fsp3) is 0.154. The SMILES string of the molecule is CC1(C)c2ccccc2Cc2ccc(Nc3ccc4ccccc4c3)cc21. The van der Waals surface area contributed by atoms with Crippen LogP contribution in [0.2, 0.25) is 0 Å². The van der Waals surface area contributed by atoms with Gasteiger partial charge < -0.3 is 5.32 Å². The standard InChI is InChI=1S/C26H23N/c1-26(2)24-10-6-5-9-20(24)15-21-12-14-23(17-25(21)26)27-22-13-11-18-7-3-4-8-19(18)16-22/h3-14,16-17,27H,15H2,1-2H3. The van der Waals surface area contributed by atoms with E-state index < -0.39 is 0 Å². The molecule has 0 unspecified atom stereocenters. The van der Waals surface area contributed by atoms with E-state index in [1.54, 1.807) is 0 Å². The van der Waals surface area contributed by atoms with E-state index in [1.807, 2.05) is 0 Å². The maximum atomic E-state index is 3.61. The van der Waals surface area contributed by atoms with Crippen molar-refractivity contribution in [2.45, 2.75) is 25.7 Å². The van der Waals surface area contributed by atoms with Crippen molar-refractivity contribution in [2.75, 3.05) is 5.32 Å². The number of hydrogen-bond donors (Lipinski definition) is 1. The first kappa shape index (κ1) is 16.1. The van der Waals surface area contributed by atoms with Crippen LogP contribution < -0.4 is 5.32 Å². The zero-order valence-corrected chi connectivity index (χ0v) is 15.8. The maximum absolute atomic E-state index is 3.61. The Morgan fingerprint density at radius 3 is 2.19 bits per heavy atom. The van der Waals surface area contributed by atoms with E-state index in [1.165, 1.54) is 33.0 Å². The van der Waals surface area contributed by atoms with Gasteiger partial charge in [-0.25, -0.2) is 0 Å². The lowest BCUT2D eigenvalue weighted by Gasteiger charge is -2.35. The predicted octanol–water partition coefficient (Wildman–Crippen LogP) is 6.81. The Hall–Kier alpha value is -3.06. The van der Waals surface area contributed by atoms with E-state index in [-0.39, 0.29) is 5.41 Å². The lowest BCUT2D eigenvalue weighted by atomic mass is 9.69. The van der Waals surface area contributed by atoms with Gasteiger partial charge in [-0.15, -0.1) is 0 Å². The molecule has 5 rings (SSSR count). The van der Waals surface area contributed by atoms with Gasteiger partial charge in [-0.2, -0.15) is 0 Å². The number of rotatable bonds is 2. The van der Waals surface area contributed by atoms with Gasteiger partial charge in [0.1, 0.15) is 0 Å². The fourth-order valence-corrected chi connectivity index (χ4v) is 4.46. The first-order valence-electron chi connectivity index (χ1n) is 9.59. The molecule has 0 spiro atoms. The molecule has 132 valence electrons. The summed E-state index contributed by atoms with van der Waals surface area (Å²) in [7, 11) is 0. The minimum absolute atomic E-state index is 0.0191. The molecular weight excluding hydrogens is 326 g/mol. The van der Waals surface area contributed by atoms with Gasteiger partial charge in [0.05, 0.1) is 0 Å². The second-order valence-electron chi connectivity index (χ2n) is 8.02. The lowest BCUT2D eigenvalue weighted by molar-refractivity contribution is 0.611. The average Bonchev–Trinajstić information content (AvgIpc) is 2.69. The van der Waals surface area contributed by atoms with Gasteiger partial charge in [0.2, 0.25) is 0 Å². The second kappa shape index (κ2) is 5.99. The van der Waals surface area contributed by atoms with Crippen molar-refractivity contribution in [1.29, 1.82) is 0 Å². The van der Waals surface area contributed by atoms with Gasteiger partial charge in [0.25, 0.3) is 0 Å². The molecule has 0 saturated heterocycles. The van der Waals surface area contributed by atoms with Crippen LogP contribution in [-0.4, -0.2) is 0 Å². The average molecular weight is 349 g/mol. The van der Waals surface area contributed by atoms with Crippen LogP contribution in [0.15, 0.2) is 84.9 Å². The third-order valence-electron chi connectivity index (χ3n) is 5.89. The van der Waals surface area contributed by atoms with Gasteiger partial charge in [-0.3, -0.25) is 0 Å². The Bertz CT molecular complexity index is 1150. The van der Waals surface area contributed by atoms with Crippen LogP contribution in [0.5, 0.6) is 0 Å². The molecule has 1 aliphatic carbocycles. The molecule has 1 aliphatic rings. The highest BCUT2D eigenvalue weighted by atomic mass is 14.9. The van der Waals surface area contributed by atoms with Crippen LogP contribution >= 0.6 is 0 Å². The summed E-state index contributed by atoms with van der Waals surface area (Å²) < 4.78 is 0. The van der Waals surface area contributed by atoms with Crippen LogP contribution in [0, 0.1) is 0 Å². The van der Waals surface area contributed by atoms with Crippen molar-refractivity contribution < 1.29 is 0 Å². The van der Waals surface area contributed by atoms with Crippen molar-refractivity contribution in [3.63, 3.8) is 0 Å². The summed E-state index contributed by atoms with van der Waals surface area (Å²) in [6, 6.07) is 30.7. The molecule has 0 radical (unpaired) electrons. The lowest BCUT2D eigenvalue weighted by Crippen LogP contribution is -2.27. The van der Waals surface area contributed by atoms with Crippen molar-refractivity contribution in [1.82, 2.24) is 0 Å². The molecular formula is C26H23N. The summed E-state index contributed by atoms with van der Waals surface area (Å²) in [5, 5.41) is 6.14. The van der Waals surface area contributed by atoms with E-state index >= 15 is 0 Å². The van der Waals surface area contributed by atoms with Crippen LogP contribution in [0.25, 0.3) is 10.8 Å². The maximum Gasteiger partial charge on any atom is 0.0390 e. The summed E-state index contributed by atoms with van der Waals surface area (Å²) in [4.78, 5) is 0. The van der Waals surface area contributed by atoms with Crippen molar-refractivity contribution >= 4 is 22.1 Å². The van der Waals surface area contributed by atoms with Crippen LogP contribution in [0.1, 0.15) is 36.1 Å². The van der Waals surface area contributed by atoms with Crippen molar-refractivity contribution in [3.05, 3.63) is 107 Å². The highest BCUT2D eigenvalue weighted by molar-refractivity contribution is 5.86. The second-order valence-corrected chi connectivity index (χ2v) is 8.02. The largest absolute Gasteiger partial charge is 0.356 e. The van der Waals surface area contributed by atoms with Gasteiger partial charge in [-0.1, -0.05) is 74.5 Å². The van der Waals surface area contributed by atoms with E-state index in [0.29, 0.717) is 0 Å². The van der Waals surface area contributed by atoms with Gasteiger partial charge in [0.15, 0.2) is 0 Å². The minimum atomic E-state index is 0.0191. The molecule has 0 bridgehead atoms. The van der Waals surface area contributed by atoms with Gasteiger partial charge in [0, 0.05) is 16.8 Å². The van der Waals surface area contributed by atoms with E-state index in [0.717, 1.165) is 17.8 Å². The Kier molecular flexibility index (Phi) is 3.58. The smallest absolute Gasteiger partial charge is 0.0390 e. The van der Waals surface area contributed by atoms with Crippen LogP contribution in [0.3, 0.4) is 0 Å². The zero-order chi connectivity index (χ0) is 18.4. The van der Waals surface area contributed by atoms with Crippen LogP contribution in [0.4, 0.5) is 11.4 Å². The summed E-state index contributed by atoms with van der Waals surface area (Å²) in [5.41, 5.74) is 8.05. The summed E-state index contributed by atoms with van der Waals surface area (Å²) in [5.74, 6) is 0. The molecule has 27 heavy (non-hydrogen) atoms. The quantitative estimate of drug-likeness (QED) is 0.419. The molecule has 4 aromatic carbocycles. The molecule has 1 heteroatoms. The molecule has 0 saturated carbocycles. The Balaban J connectivity index is 1.53. The highest BCUT2D eigenvalue weighted by Crippen LogP contribution is 2.42. The Morgan fingerprint density at radius 2 is 1.30 bits per heavy atom. The molecule has 0 aliphatic heterocycles. The highest BCUT2D eigenvalue weighted by Gasteiger charge is 2.32. The summed E-state index contributed by atoms with van der Waals surface area (Å²) >= 11 is 0. The monoisotopic (exact) mass is 349 g/mol. The molecule has 1 nitrogen and oxygen atoms in total. The normalized spacial score (nSPS) is 14.4. The van der Waals surface area contributed by atoms with Gasteiger partial charge in [-0.05, 0) is 63.7 Å². The number of hydrogen-bond acceptors (Lipinski definition) is 1. The number of nitrogens with one attached hydrogen (secondary N) is 1. The third-order valence-corrected chi connectivity index (χ3v) is 5.89. The fourth-order valence-electron chi connectivity index (χ4n) is 4.46. The van der Waals surface area contributed by atoms with E-state index in [9.17, 15) is 0 Å². The summed E-state index contributed by atoms with van der Waals surface area (Å²) in [6.07, 6.45) is 1.02. The molecule has 0 aromatic heterocycles. The number of anilines is 2. The Labute approximate surface area is 160 Å². The van der Waals surface area contributed by atoms with Crippen LogP contribution in [-0.2, 0) is 11.8 Å². The molecule has 0 atom stereocenters. The predicted molar refractivity (Wildman–Crippen MR) is 115 cm³/mol. The zero-order valence-electron chi connectivity index (χ0n) is 15.8. The molecule has 4 aromatic rings. The topological polar surface area (TPSA) is 12.0 Å². The molecule has 0 amide bonds. The van der Waals surface area contributed by atoms with Crippen molar-refractivity contribution in [2.24, 2.45) is 0 Å².